The van der Waals surface area contributed by atoms with Gasteiger partial charge in [0.25, 0.3) is 0 Å². The number of aliphatic hydroxyl groups is 1. The van der Waals surface area contributed by atoms with Gasteiger partial charge in [-0.3, -0.25) is 0 Å². The highest BCUT2D eigenvalue weighted by Crippen LogP contribution is 2.32. The maximum absolute atomic E-state index is 9.85. The van der Waals surface area contributed by atoms with Crippen molar-refractivity contribution in [3.05, 3.63) is 58.1 Å². The fourth-order valence-corrected chi connectivity index (χ4v) is 2.55. The molecule has 0 fully saturated rings. The van der Waals surface area contributed by atoms with Crippen LogP contribution in [0.1, 0.15) is 43.9 Å². The molecule has 1 N–H and O–H groups in total. The van der Waals surface area contributed by atoms with Gasteiger partial charge < -0.3 is 9.84 Å². The number of hydrogen-bond acceptors (Lipinski definition) is 2. The van der Waals surface area contributed by atoms with Gasteiger partial charge in [0.1, 0.15) is 11.5 Å². The van der Waals surface area contributed by atoms with E-state index in [2.05, 4.69) is 35.0 Å². The molecule has 112 valence electrons. The minimum atomic E-state index is -0.568. The number of ether oxygens (including phenoxy) is 1. The van der Waals surface area contributed by atoms with Crippen LogP contribution in [0.4, 0.5) is 0 Å². The van der Waals surface area contributed by atoms with Crippen LogP contribution in [0.5, 0.6) is 11.5 Å². The highest BCUT2D eigenvalue weighted by molar-refractivity contribution is 9.10. The second-order valence-electron chi connectivity index (χ2n) is 5.21. The van der Waals surface area contributed by atoms with E-state index in [0.717, 1.165) is 22.2 Å². The molecule has 2 rings (SSSR count). The van der Waals surface area contributed by atoms with Crippen molar-refractivity contribution in [1.29, 1.82) is 0 Å². The Morgan fingerprint density at radius 1 is 1.14 bits per heavy atom. The van der Waals surface area contributed by atoms with Crippen molar-refractivity contribution in [2.75, 3.05) is 0 Å². The van der Waals surface area contributed by atoms with Crippen LogP contribution in [0.25, 0.3) is 0 Å². The predicted octanol–water partition coefficient (Wildman–Crippen LogP) is 5.64. The van der Waals surface area contributed by atoms with E-state index in [9.17, 15) is 5.11 Å². The summed E-state index contributed by atoms with van der Waals surface area (Å²) >= 11 is 3.42. The fourth-order valence-electron chi connectivity index (χ4n) is 2.17. The topological polar surface area (TPSA) is 29.5 Å². The predicted molar refractivity (Wildman–Crippen MR) is 89.9 cm³/mol. The summed E-state index contributed by atoms with van der Waals surface area (Å²) in [5.41, 5.74) is 2.11. The van der Waals surface area contributed by atoms with E-state index in [1.807, 2.05) is 30.3 Å². The number of halogens is 1. The van der Waals surface area contributed by atoms with Crippen molar-refractivity contribution < 1.29 is 9.84 Å². The molecule has 3 heteroatoms. The Morgan fingerprint density at radius 3 is 2.48 bits per heavy atom. The van der Waals surface area contributed by atoms with Crippen LogP contribution in [0.3, 0.4) is 0 Å². The van der Waals surface area contributed by atoms with Gasteiger partial charge in [-0.15, -0.1) is 0 Å². The Kier molecular flexibility index (Phi) is 5.83. The Balaban J connectivity index is 2.14. The lowest BCUT2D eigenvalue weighted by atomic mass is 10.1. The third kappa shape index (κ3) is 4.58. The van der Waals surface area contributed by atoms with Crippen LogP contribution in [0.2, 0.25) is 0 Å². The molecule has 0 amide bonds. The van der Waals surface area contributed by atoms with Crippen molar-refractivity contribution in [2.24, 2.45) is 0 Å². The second kappa shape index (κ2) is 7.62. The van der Waals surface area contributed by atoms with Crippen molar-refractivity contribution in [2.45, 2.75) is 39.2 Å². The van der Waals surface area contributed by atoms with Crippen LogP contribution in [0, 0.1) is 0 Å². The molecule has 0 saturated carbocycles. The Morgan fingerprint density at radius 2 is 1.86 bits per heavy atom. The van der Waals surface area contributed by atoms with E-state index in [-0.39, 0.29) is 0 Å². The smallest absolute Gasteiger partial charge is 0.133 e. The summed E-state index contributed by atoms with van der Waals surface area (Å²) in [5.74, 6) is 1.48. The van der Waals surface area contributed by atoms with Crippen LogP contribution >= 0.6 is 15.9 Å². The standard InChI is InChI=1S/C18H21BrO2/c1-3-4-5-14-6-9-16(10-7-14)21-18-11-8-15(19)12-17(18)13(2)20/h6-13,20H,3-5H2,1-2H3. The highest BCUT2D eigenvalue weighted by Gasteiger charge is 2.10. The molecule has 0 aromatic heterocycles. The van der Waals surface area contributed by atoms with Crippen molar-refractivity contribution in [1.82, 2.24) is 0 Å². The van der Waals surface area contributed by atoms with Gasteiger partial charge in [-0.05, 0) is 55.7 Å². The van der Waals surface area contributed by atoms with Gasteiger partial charge in [-0.2, -0.15) is 0 Å². The monoisotopic (exact) mass is 348 g/mol. The molecular weight excluding hydrogens is 328 g/mol. The molecule has 0 heterocycles. The molecule has 0 saturated heterocycles. The molecule has 1 unspecified atom stereocenters. The number of unbranched alkanes of at least 4 members (excludes halogenated alkanes) is 1. The first-order valence-electron chi connectivity index (χ1n) is 7.34. The van der Waals surface area contributed by atoms with E-state index in [1.165, 1.54) is 18.4 Å². The zero-order valence-corrected chi connectivity index (χ0v) is 14.1. The summed E-state index contributed by atoms with van der Waals surface area (Å²) < 4.78 is 6.84. The second-order valence-corrected chi connectivity index (χ2v) is 6.12. The average Bonchev–Trinajstić information content (AvgIpc) is 2.48. The fraction of sp³-hybridized carbons (Fsp3) is 0.333. The highest BCUT2D eigenvalue weighted by atomic mass is 79.9. The SMILES string of the molecule is CCCCc1ccc(Oc2ccc(Br)cc2C(C)O)cc1. The van der Waals surface area contributed by atoms with Crippen LogP contribution in [-0.2, 0) is 6.42 Å². The summed E-state index contributed by atoms with van der Waals surface area (Å²) in [6, 6.07) is 13.8. The molecule has 0 aliphatic carbocycles. The molecule has 2 nitrogen and oxygen atoms in total. The zero-order chi connectivity index (χ0) is 15.2. The first kappa shape index (κ1) is 16.1. The zero-order valence-electron chi connectivity index (χ0n) is 12.5. The van der Waals surface area contributed by atoms with E-state index >= 15 is 0 Å². The van der Waals surface area contributed by atoms with Crippen LogP contribution in [-0.4, -0.2) is 5.11 Å². The quantitative estimate of drug-likeness (QED) is 0.732. The van der Waals surface area contributed by atoms with E-state index in [0.29, 0.717) is 5.75 Å². The van der Waals surface area contributed by atoms with Crippen LogP contribution in [0.15, 0.2) is 46.9 Å². The largest absolute Gasteiger partial charge is 0.457 e. The summed E-state index contributed by atoms with van der Waals surface area (Å²) in [7, 11) is 0. The molecule has 1 atom stereocenters. The first-order valence-corrected chi connectivity index (χ1v) is 8.13. The number of aryl methyl sites for hydroxylation is 1. The summed E-state index contributed by atoms with van der Waals surface area (Å²) in [6.07, 6.45) is 2.95. The molecular formula is C18H21BrO2. The summed E-state index contributed by atoms with van der Waals surface area (Å²) in [4.78, 5) is 0. The molecule has 0 spiro atoms. The average molecular weight is 349 g/mol. The Hall–Kier alpha value is -1.32. The van der Waals surface area contributed by atoms with Gasteiger partial charge in [0.05, 0.1) is 6.10 Å². The normalized spacial score (nSPS) is 12.2. The summed E-state index contributed by atoms with van der Waals surface area (Å²) in [6.45, 7) is 3.94. The van der Waals surface area contributed by atoms with Crippen molar-refractivity contribution in [3.8, 4) is 11.5 Å². The minimum Gasteiger partial charge on any atom is -0.457 e. The Labute approximate surface area is 134 Å². The summed E-state index contributed by atoms with van der Waals surface area (Å²) in [5, 5.41) is 9.85. The van der Waals surface area contributed by atoms with Gasteiger partial charge in [0, 0.05) is 10.0 Å². The number of rotatable bonds is 6. The molecule has 21 heavy (non-hydrogen) atoms. The molecule has 0 bridgehead atoms. The Bertz CT molecular complexity index is 576. The van der Waals surface area contributed by atoms with E-state index in [1.54, 1.807) is 6.92 Å². The minimum absolute atomic E-state index is 0.568. The molecule has 2 aromatic carbocycles. The van der Waals surface area contributed by atoms with Gasteiger partial charge in [-0.1, -0.05) is 41.4 Å². The third-order valence-corrected chi connectivity index (χ3v) is 3.89. The maximum Gasteiger partial charge on any atom is 0.133 e. The van der Waals surface area contributed by atoms with Gasteiger partial charge in [0.2, 0.25) is 0 Å². The first-order chi connectivity index (χ1) is 10.1. The number of benzene rings is 2. The van der Waals surface area contributed by atoms with E-state index in [4.69, 9.17) is 4.74 Å². The van der Waals surface area contributed by atoms with Crippen LogP contribution < -0.4 is 4.74 Å². The van der Waals surface area contributed by atoms with Crippen molar-refractivity contribution in [3.63, 3.8) is 0 Å². The number of aliphatic hydroxyl groups excluding tert-OH is 1. The molecule has 2 aromatic rings. The molecule has 0 aliphatic heterocycles. The maximum atomic E-state index is 9.85. The molecule has 0 aliphatic rings. The van der Waals surface area contributed by atoms with E-state index < -0.39 is 6.10 Å². The lowest BCUT2D eigenvalue weighted by Crippen LogP contribution is -1.96. The van der Waals surface area contributed by atoms with Gasteiger partial charge in [-0.25, -0.2) is 0 Å². The third-order valence-electron chi connectivity index (χ3n) is 3.39. The molecule has 0 radical (unpaired) electrons. The lowest BCUT2D eigenvalue weighted by Gasteiger charge is -2.14. The van der Waals surface area contributed by atoms with Gasteiger partial charge >= 0.3 is 0 Å². The lowest BCUT2D eigenvalue weighted by molar-refractivity contribution is 0.195. The number of hydrogen-bond donors (Lipinski definition) is 1. The van der Waals surface area contributed by atoms with Gasteiger partial charge in [0.15, 0.2) is 0 Å². The van der Waals surface area contributed by atoms with Crippen molar-refractivity contribution >= 4 is 15.9 Å².